The molecule has 5 nitrogen and oxygen atoms in total. The van der Waals surface area contributed by atoms with Crippen molar-refractivity contribution in [2.75, 3.05) is 17.9 Å². The van der Waals surface area contributed by atoms with Gasteiger partial charge < -0.3 is 5.32 Å². The Labute approximate surface area is 172 Å². The highest BCUT2D eigenvalue weighted by Gasteiger charge is 2.21. The molecule has 0 saturated carbocycles. The molecule has 0 saturated heterocycles. The van der Waals surface area contributed by atoms with Crippen LogP contribution in [0.3, 0.4) is 0 Å². The van der Waals surface area contributed by atoms with Crippen molar-refractivity contribution in [3.05, 3.63) is 96.1 Å². The third kappa shape index (κ3) is 4.84. The predicted molar refractivity (Wildman–Crippen MR) is 116 cm³/mol. The predicted octanol–water partition coefficient (Wildman–Crippen LogP) is 4.05. The van der Waals surface area contributed by atoms with Crippen LogP contribution in [0.25, 0.3) is 0 Å². The molecule has 150 valence electrons. The van der Waals surface area contributed by atoms with Gasteiger partial charge in [-0.2, -0.15) is 0 Å². The lowest BCUT2D eigenvalue weighted by atomic mass is 10.0. The molecule has 29 heavy (non-hydrogen) atoms. The van der Waals surface area contributed by atoms with Crippen molar-refractivity contribution >= 4 is 21.6 Å². The number of sulfonamides is 1. The van der Waals surface area contributed by atoms with Gasteiger partial charge in [-0.3, -0.25) is 9.10 Å². The Morgan fingerprint density at radius 3 is 2.03 bits per heavy atom. The van der Waals surface area contributed by atoms with E-state index < -0.39 is 10.0 Å². The maximum absolute atomic E-state index is 12.7. The minimum Gasteiger partial charge on any atom is -0.351 e. The number of carbonyl (C=O) groups excluding carboxylic acids is 1. The zero-order valence-corrected chi connectivity index (χ0v) is 17.3. The average Bonchev–Trinajstić information content (AvgIpc) is 2.78. The molecule has 0 spiro atoms. The second kappa shape index (κ2) is 8.92. The first-order chi connectivity index (χ1) is 13.9. The van der Waals surface area contributed by atoms with Crippen molar-refractivity contribution in [2.24, 2.45) is 0 Å². The molecular formula is C23H24N2O3S. The molecule has 0 aliphatic heterocycles. The van der Waals surface area contributed by atoms with E-state index in [0.717, 1.165) is 5.56 Å². The van der Waals surface area contributed by atoms with Gasteiger partial charge in [0.15, 0.2) is 0 Å². The quantitative estimate of drug-likeness (QED) is 0.641. The van der Waals surface area contributed by atoms with Crippen LogP contribution in [0.2, 0.25) is 0 Å². The molecule has 0 fully saturated rings. The van der Waals surface area contributed by atoms with E-state index in [1.54, 1.807) is 54.6 Å². The lowest BCUT2D eigenvalue weighted by molar-refractivity contribution is 0.0951. The fourth-order valence-electron chi connectivity index (χ4n) is 2.96. The summed E-state index contributed by atoms with van der Waals surface area (Å²) >= 11 is 0. The molecule has 0 aliphatic rings. The number of nitrogens with one attached hydrogen (secondary N) is 1. The number of amides is 1. The summed E-state index contributed by atoms with van der Waals surface area (Å²) in [4.78, 5) is 12.7. The van der Waals surface area contributed by atoms with Crippen LogP contribution in [-0.4, -0.2) is 27.9 Å². The first-order valence-corrected chi connectivity index (χ1v) is 10.8. The summed E-state index contributed by atoms with van der Waals surface area (Å²) < 4.78 is 26.6. The van der Waals surface area contributed by atoms with E-state index in [1.165, 1.54) is 11.4 Å². The van der Waals surface area contributed by atoms with Gasteiger partial charge in [-0.15, -0.1) is 0 Å². The second-order valence-corrected chi connectivity index (χ2v) is 8.82. The minimum absolute atomic E-state index is 0.187. The van der Waals surface area contributed by atoms with Crippen LogP contribution in [0.15, 0.2) is 89.8 Å². The summed E-state index contributed by atoms with van der Waals surface area (Å²) in [5.41, 5.74) is 2.14. The first-order valence-electron chi connectivity index (χ1n) is 9.37. The third-order valence-corrected chi connectivity index (χ3v) is 6.63. The molecule has 0 heterocycles. The highest BCUT2D eigenvalue weighted by atomic mass is 32.2. The normalized spacial score (nSPS) is 12.2. The molecule has 1 N–H and O–H groups in total. The summed E-state index contributed by atoms with van der Waals surface area (Å²) in [7, 11) is -2.15. The number of hydrogen-bond acceptors (Lipinski definition) is 3. The summed E-state index contributed by atoms with van der Waals surface area (Å²) in [6.45, 7) is 2.58. The molecule has 6 heteroatoms. The molecule has 0 radical (unpaired) electrons. The largest absolute Gasteiger partial charge is 0.351 e. The second-order valence-electron chi connectivity index (χ2n) is 6.85. The fraction of sp³-hybridized carbons (Fsp3) is 0.174. The zero-order chi connectivity index (χ0) is 20.9. The molecule has 3 aromatic carbocycles. The molecule has 3 rings (SSSR count). The van der Waals surface area contributed by atoms with Gasteiger partial charge in [0.1, 0.15) is 0 Å². The molecule has 1 unspecified atom stereocenters. The van der Waals surface area contributed by atoms with Gasteiger partial charge in [-0.25, -0.2) is 8.42 Å². The Morgan fingerprint density at radius 2 is 1.45 bits per heavy atom. The van der Waals surface area contributed by atoms with Crippen molar-refractivity contribution in [1.82, 2.24) is 5.32 Å². The summed E-state index contributed by atoms with van der Waals surface area (Å²) in [5.74, 6) is 0.00877. The van der Waals surface area contributed by atoms with Gasteiger partial charge >= 0.3 is 0 Å². The SMILES string of the molecule is CC(CNC(=O)c1ccc(N(C)S(=O)(=O)c2ccccc2)cc1)c1ccccc1. The zero-order valence-electron chi connectivity index (χ0n) is 16.4. The third-order valence-electron chi connectivity index (χ3n) is 4.83. The van der Waals surface area contributed by atoms with Gasteiger partial charge in [0.25, 0.3) is 15.9 Å². The number of nitrogens with zero attached hydrogens (tertiary/aromatic N) is 1. The Bertz CT molecular complexity index is 1050. The van der Waals surface area contributed by atoms with Crippen LogP contribution in [0.5, 0.6) is 0 Å². The fourth-order valence-corrected chi connectivity index (χ4v) is 4.18. The van der Waals surface area contributed by atoms with Gasteiger partial charge in [-0.05, 0) is 47.9 Å². The van der Waals surface area contributed by atoms with Crippen molar-refractivity contribution in [3.63, 3.8) is 0 Å². The Hall–Kier alpha value is -3.12. The number of hydrogen-bond donors (Lipinski definition) is 1. The molecule has 0 aliphatic carbocycles. The Kier molecular flexibility index (Phi) is 6.34. The van der Waals surface area contributed by atoms with Crippen LogP contribution >= 0.6 is 0 Å². The van der Waals surface area contributed by atoms with E-state index in [-0.39, 0.29) is 16.7 Å². The van der Waals surface area contributed by atoms with Crippen molar-refractivity contribution < 1.29 is 13.2 Å². The van der Waals surface area contributed by atoms with Crippen LogP contribution in [0.4, 0.5) is 5.69 Å². The maximum atomic E-state index is 12.7. The molecule has 1 atom stereocenters. The highest BCUT2D eigenvalue weighted by Crippen LogP contribution is 2.22. The van der Waals surface area contributed by atoms with E-state index in [1.807, 2.05) is 30.3 Å². The Morgan fingerprint density at radius 1 is 0.897 bits per heavy atom. The van der Waals surface area contributed by atoms with Crippen molar-refractivity contribution in [3.8, 4) is 0 Å². The van der Waals surface area contributed by atoms with Crippen LogP contribution in [-0.2, 0) is 10.0 Å². The first kappa shape index (κ1) is 20.6. The number of carbonyl (C=O) groups is 1. The topological polar surface area (TPSA) is 66.5 Å². The number of anilines is 1. The van der Waals surface area contributed by atoms with Crippen molar-refractivity contribution in [1.29, 1.82) is 0 Å². The molecule has 3 aromatic rings. The number of benzene rings is 3. The van der Waals surface area contributed by atoms with Crippen LogP contribution in [0.1, 0.15) is 28.8 Å². The van der Waals surface area contributed by atoms with E-state index in [2.05, 4.69) is 12.2 Å². The van der Waals surface area contributed by atoms with E-state index >= 15 is 0 Å². The molecular weight excluding hydrogens is 384 g/mol. The van der Waals surface area contributed by atoms with Gasteiger partial charge in [0.2, 0.25) is 0 Å². The van der Waals surface area contributed by atoms with Gasteiger partial charge in [0, 0.05) is 19.2 Å². The van der Waals surface area contributed by atoms with Crippen LogP contribution in [0, 0.1) is 0 Å². The molecule has 1 amide bonds. The highest BCUT2D eigenvalue weighted by molar-refractivity contribution is 7.92. The summed E-state index contributed by atoms with van der Waals surface area (Å²) in [5, 5.41) is 2.93. The standard InChI is InChI=1S/C23H24N2O3S/c1-18(19-9-5-3-6-10-19)17-24-23(26)20-13-15-21(16-14-20)25(2)29(27,28)22-11-7-4-8-12-22/h3-16,18H,17H2,1-2H3,(H,24,26). The molecule has 0 bridgehead atoms. The monoisotopic (exact) mass is 408 g/mol. The van der Waals surface area contributed by atoms with Crippen LogP contribution < -0.4 is 9.62 Å². The van der Waals surface area contributed by atoms with Gasteiger partial charge in [-0.1, -0.05) is 55.5 Å². The van der Waals surface area contributed by atoms with E-state index in [4.69, 9.17) is 0 Å². The number of rotatable bonds is 7. The smallest absolute Gasteiger partial charge is 0.264 e. The lowest BCUT2D eigenvalue weighted by Crippen LogP contribution is -2.28. The van der Waals surface area contributed by atoms with Gasteiger partial charge in [0.05, 0.1) is 10.6 Å². The summed E-state index contributed by atoms with van der Waals surface area (Å²) in [6, 6.07) is 24.8. The lowest BCUT2D eigenvalue weighted by Gasteiger charge is -2.20. The average molecular weight is 409 g/mol. The van der Waals surface area contributed by atoms with Crippen molar-refractivity contribution in [2.45, 2.75) is 17.7 Å². The van der Waals surface area contributed by atoms with E-state index in [0.29, 0.717) is 17.8 Å². The molecule has 0 aromatic heterocycles. The summed E-state index contributed by atoms with van der Waals surface area (Å²) in [6.07, 6.45) is 0. The maximum Gasteiger partial charge on any atom is 0.264 e. The van der Waals surface area contributed by atoms with E-state index in [9.17, 15) is 13.2 Å². The Balaban J connectivity index is 1.66. The minimum atomic E-state index is -3.64.